The lowest BCUT2D eigenvalue weighted by Crippen LogP contribution is -2.30. The summed E-state index contributed by atoms with van der Waals surface area (Å²) in [6, 6.07) is 11.0. The third kappa shape index (κ3) is 4.94. The van der Waals surface area contributed by atoms with E-state index in [1.165, 1.54) is 16.2 Å². The van der Waals surface area contributed by atoms with Crippen molar-refractivity contribution in [3.8, 4) is 10.6 Å². The van der Waals surface area contributed by atoms with Gasteiger partial charge in [-0.05, 0) is 42.6 Å². The lowest BCUT2D eigenvalue weighted by atomic mass is 10.2. The second kappa shape index (κ2) is 8.65. The maximum atomic E-state index is 12.3. The fraction of sp³-hybridized carbons (Fsp3) is 0.211. The molecule has 27 heavy (non-hydrogen) atoms. The van der Waals surface area contributed by atoms with Crippen LogP contribution in [0, 0.1) is 6.92 Å². The molecule has 0 fully saturated rings. The van der Waals surface area contributed by atoms with E-state index in [9.17, 15) is 9.59 Å². The zero-order valence-corrected chi connectivity index (χ0v) is 17.2. The van der Waals surface area contributed by atoms with E-state index in [-0.39, 0.29) is 12.5 Å². The number of likely N-dealkylation sites (N-methyl/N-ethyl adjacent to an activating group) is 1. The summed E-state index contributed by atoms with van der Waals surface area (Å²) in [6.45, 7) is 1.85. The number of amides is 1. The molecule has 0 atom stereocenters. The molecule has 3 heterocycles. The molecule has 0 N–H and O–H groups in total. The van der Waals surface area contributed by atoms with E-state index in [1.807, 2.05) is 23.6 Å². The maximum Gasteiger partial charge on any atom is 0.340 e. The SMILES string of the molecule is Cc1nc(-c2cccs2)ccc1C(=O)OCC(=O)N(C)Cc1ccc(Cl)s1. The summed E-state index contributed by atoms with van der Waals surface area (Å²) < 4.78 is 5.85. The highest BCUT2D eigenvalue weighted by molar-refractivity contribution is 7.16. The molecule has 140 valence electrons. The molecular weight excluding hydrogens is 404 g/mol. The standard InChI is InChI=1S/C19H17ClN2O3S2/c1-12-14(6-7-15(21-12)16-4-3-9-26-16)19(24)25-11-18(23)22(2)10-13-5-8-17(20)27-13/h3-9H,10-11H2,1-2H3. The van der Waals surface area contributed by atoms with Gasteiger partial charge < -0.3 is 9.64 Å². The minimum atomic E-state index is -0.557. The number of hydrogen-bond donors (Lipinski definition) is 0. The molecule has 0 saturated carbocycles. The van der Waals surface area contributed by atoms with Gasteiger partial charge in [0.25, 0.3) is 5.91 Å². The molecule has 0 aliphatic rings. The van der Waals surface area contributed by atoms with Crippen molar-refractivity contribution in [3.63, 3.8) is 0 Å². The summed E-state index contributed by atoms with van der Waals surface area (Å²) in [5.74, 6) is -0.840. The molecule has 3 rings (SSSR count). The van der Waals surface area contributed by atoms with Crippen molar-refractivity contribution in [2.75, 3.05) is 13.7 Å². The van der Waals surface area contributed by atoms with Gasteiger partial charge in [-0.15, -0.1) is 22.7 Å². The van der Waals surface area contributed by atoms with E-state index in [2.05, 4.69) is 4.98 Å². The summed E-state index contributed by atoms with van der Waals surface area (Å²) in [6.07, 6.45) is 0. The Morgan fingerprint density at radius 2 is 2.04 bits per heavy atom. The fourth-order valence-electron chi connectivity index (χ4n) is 2.41. The zero-order valence-electron chi connectivity index (χ0n) is 14.8. The van der Waals surface area contributed by atoms with E-state index in [0.29, 0.717) is 22.1 Å². The molecule has 0 aliphatic carbocycles. The van der Waals surface area contributed by atoms with Crippen LogP contribution in [0.1, 0.15) is 20.9 Å². The first-order chi connectivity index (χ1) is 12.9. The lowest BCUT2D eigenvalue weighted by Gasteiger charge is -2.16. The van der Waals surface area contributed by atoms with Crippen LogP contribution in [0.5, 0.6) is 0 Å². The molecular formula is C19H17ClN2O3S2. The number of rotatable bonds is 6. The minimum Gasteiger partial charge on any atom is -0.452 e. The molecule has 0 saturated heterocycles. The Labute approximate surface area is 170 Å². The molecule has 0 radical (unpaired) electrons. The number of pyridine rings is 1. The molecule has 0 bridgehead atoms. The number of nitrogens with zero attached hydrogens (tertiary/aromatic N) is 2. The van der Waals surface area contributed by atoms with Gasteiger partial charge in [-0.25, -0.2) is 4.79 Å². The highest BCUT2D eigenvalue weighted by Gasteiger charge is 2.17. The van der Waals surface area contributed by atoms with Crippen LogP contribution in [0.25, 0.3) is 10.6 Å². The topological polar surface area (TPSA) is 59.5 Å². The van der Waals surface area contributed by atoms with Crippen molar-refractivity contribution in [1.29, 1.82) is 0 Å². The van der Waals surface area contributed by atoms with E-state index >= 15 is 0 Å². The van der Waals surface area contributed by atoms with E-state index in [4.69, 9.17) is 16.3 Å². The van der Waals surface area contributed by atoms with Crippen molar-refractivity contribution >= 4 is 46.2 Å². The molecule has 3 aromatic rings. The molecule has 1 amide bonds. The van der Waals surface area contributed by atoms with Crippen molar-refractivity contribution in [1.82, 2.24) is 9.88 Å². The van der Waals surface area contributed by atoms with Gasteiger partial charge >= 0.3 is 5.97 Å². The Hall–Kier alpha value is -2.22. The van der Waals surface area contributed by atoms with Crippen molar-refractivity contribution in [2.24, 2.45) is 0 Å². The number of carbonyl (C=O) groups is 2. The average Bonchev–Trinajstić information content (AvgIpc) is 3.31. The Bertz CT molecular complexity index is 954. The monoisotopic (exact) mass is 420 g/mol. The average molecular weight is 421 g/mol. The van der Waals surface area contributed by atoms with Gasteiger partial charge in [0.05, 0.1) is 32.7 Å². The second-order valence-electron chi connectivity index (χ2n) is 5.84. The van der Waals surface area contributed by atoms with Gasteiger partial charge in [0.1, 0.15) is 0 Å². The number of carbonyl (C=O) groups excluding carboxylic acids is 2. The van der Waals surface area contributed by atoms with Gasteiger partial charge in [0, 0.05) is 11.9 Å². The number of thiophene rings is 2. The molecule has 0 spiro atoms. The van der Waals surface area contributed by atoms with Crippen LogP contribution >= 0.6 is 34.3 Å². The smallest absolute Gasteiger partial charge is 0.340 e. The first-order valence-electron chi connectivity index (χ1n) is 8.11. The molecule has 3 aromatic heterocycles. The van der Waals surface area contributed by atoms with Gasteiger partial charge in [0.2, 0.25) is 0 Å². The van der Waals surface area contributed by atoms with Crippen LogP contribution in [0.2, 0.25) is 4.34 Å². The van der Waals surface area contributed by atoms with Gasteiger partial charge in [-0.3, -0.25) is 9.78 Å². The summed E-state index contributed by atoms with van der Waals surface area (Å²) in [7, 11) is 1.66. The van der Waals surface area contributed by atoms with Crippen LogP contribution in [-0.4, -0.2) is 35.4 Å². The van der Waals surface area contributed by atoms with Crippen LogP contribution in [0.3, 0.4) is 0 Å². The van der Waals surface area contributed by atoms with Gasteiger partial charge in [-0.1, -0.05) is 17.7 Å². The lowest BCUT2D eigenvalue weighted by molar-refractivity contribution is -0.133. The molecule has 5 nitrogen and oxygen atoms in total. The summed E-state index contributed by atoms with van der Waals surface area (Å²) in [5, 5.41) is 1.97. The largest absolute Gasteiger partial charge is 0.452 e. The van der Waals surface area contributed by atoms with Crippen molar-refractivity contribution in [3.05, 3.63) is 62.2 Å². The summed E-state index contributed by atoms with van der Waals surface area (Å²) in [4.78, 5) is 32.5. The number of hydrogen-bond acceptors (Lipinski definition) is 6. The van der Waals surface area contributed by atoms with E-state index in [1.54, 1.807) is 43.5 Å². The van der Waals surface area contributed by atoms with Crippen LogP contribution in [-0.2, 0) is 16.1 Å². The minimum absolute atomic E-state index is 0.284. The van der Waals surface area contributed by atoms with E-state index in [0.717, 1.165) is 15.4 Å². The third-order valence-corrected chi connectivity index (χ3v) is 5.96. The highest BCUT2D eigenvalue weighted by atomic mass is 35.5. The van der Waals surface area contributed by atoms with E-state index < -0.39 is 5.97 Å². The number of halogens is 1. The molecule has 8 heteroatoms. The first kappa shape index (κ1) is 19.5. The van der Waals surface area contributed by atoms with Crippen LogP contribution in [0.4, 0.5) is 0 Å². The van der Waals surface area contributed by atoms with Crippen LogP contribution < -0.4 is 0 Å². The maximum absolute atomic E-state index is 12.3. The number of esters is 1. The zero-order chi connectivity index (χ0) is 19.4. The van der Waals surface area contributed by atoms with Gasteiger partial charge in [-0.2, -0.15) is 0 Å². The quantitative estimate of drug-likeness (QED) is 0.544. The normalized spacial score (nSPS) is 10.6. The highest BCUT2D eigenvalue weighted by Crippen LogP contribution is 2.24. The molecule has 0 unspecified atom stereocenters. The van der Waals surface area contributed by atoms with Crippen LogP contribution in [0.15, 0.2) is 41.8 Å². The Kier molecular flexibility index (Phi) is 6.26. The Morgan fingerprint density at radius 3 is 2.67 bits per heavy atom. The van der Waals surface area contributed by atoms with Crippen molar-refractivity contribution < 1.29 is 14.3 Å². The summed E-state index contributed by atoms with van der Waals surface area (Å²) >= 11 is 8.89. The molecule has 0 aliphatic heterocycles. The number of ether oxygens (including phenoxy) is 1. The fourth-order valence-corrected chi connectivity index (χ4v) is 4.25. The first-order valence-corrected chi connectivity index (χ1v) is 10.2. The Balaban J connectivity index is 1.57. The van der Waals surface area contributed by atoms with Crippen molar-refractivity contribution in [2.45, 2.75) is 13.5 Å². The second-order valence-corrected chi connectivity index (χ2v) is 8.59. The Morgan fingerprint density at radius 1 is 1.22 bits per heavy atom. The predicted molar refractivity (Wildman–Crippen MR) is 108 cm³/mol. The number of aromatic nitrogens is 1. The van der Waals surface area contributed by atoms with Gasteiger partial charge in [0.15, 0.2) is 6.61 Å². The predicted octanol–water partition coefficient (Wildman–Crippen LogP) is 4.65. The number of aryl methyl sites for hydroxylation is 1. The molecule has 0 aromatic carbocycles. The summed E-state index contributed by atoms with van der Waals surface area (Å²) in [5.41, 5.74) is 1.74. The third-order valence-electron chi connectivity index (χ3n) is 3.85.